The summed E-state index contributed by atoms with van der Waals surface area (Å²) in [7, 11) is 0. The number of rotatable bonds is 6. The normalized spacial score (nSPS) is 18.6. The number of anilines is 1. The van der Waals surface area contributed by atoms with E-state index in [-0.39, 0.29) is 17.9 Å². The third-order valence-electron chi connectivity index (χ3n) is 5.64. The molecule has 3 heterocycles. The van der Waals surface area contributed by atoms with Gasteiger partial charge in [-0.2, -0.15) is 0 Å². The Kier molecular flexibility index (Phi) is 6.27. The van der Waals surface area contributed by atoms with Gasteiger partial charge in [0, 0.05) is 43.1 Å². The molecule has 0 aliphatic carbocycles. The van der Waals surface area contributed by atoms with Gasteiger partial charge in [-0.15, -0.1) is 10.2 Å². The van der Waals surface area contributed by atoms with Gasteiger partial charge >= 0.3 is 0 Å². The van der Waals surface area contributed by atoms with E-state index < -0.39 is 0 Å². The molecule has 1 atom stereocenters. The van der Waals surface area contributed by atoms with E-state index in [0.717, 1.165) is 55.2 Å². The smallest absolute Gasteiger partial charge is 0.223 e. The van der Waals surface area contributed by atoms with Crippen LogP contribution in [0.15, 0.2) is 24.3 Å². The van der Waals surface area contributed by atoms with Crippen LogP contribution in [-0.2, 0) is 17.8 Å². The minimum atomic E-state index is -0.0113. The van der Waals surface area contributed by atoms with E-state index in [9.17, 15) is 4.79 Å². The van der Waals surface area contributed by atoms with Gasteiger partial charge in [0.05, 0.1) is 6.61 Å². The number of fused-ring (bicyclic) bond motifs is 1. The lowest BCUT2D eigenvalue weighted by Gasteiger charge is -2.31. The van der Waals surface area contributed by atoms with E-state index in [0.29, 0.717) is 18.3 Å². The number of amides is 1. The molecule has 1 saturated heterocycles. The van der Waals surface area contributed by atoms with Crippen LogP contribution in [0.2, 0.25) is 5.15 Å². The number of ether oxygens (including phenoxy) is 2. The molecule has 2 aliphatic heterocycles. The van der Waals surface area contributed by atoms with Gasteiger partial charge in [0.15, 0.2) is 11.0 Å². The quantitative estimate of drug-likeness (QED) is 0.757. The Labute approximate surface area is 181 Å². The maximum atomic E-state index is 12.8. The topological polar surface area (TPSA) is 76.6 Å². The number of nitrogens with one attached hydrogen (secondary N) is 1. The minimum absolute atomic E-state index is 0.0113. The van der Waals surface area contributed by atoms with Gasteiger partial charge in [-0.1, -0.05) is 11.6 Å². The molecule has 7 nitrogen and oxygen atoms in total. The van der Waals surface area contributed by atoms with Crippen molar-refractivity contribution in [2.24, 2.45) is 5.92 Å². The van der Waals surface area contributed by atoms with E-state index in [2.05, 4.69) is 33.4 Å². The van der Waals surface area contributed by atoms with E-state index in [1.807, 2.05) is 19.1 Å². The Balaban J connectivity index is 1.34. The highest BCUT2D eigenvalue weighted by Crippen LogP contribution is 2.35. The summed E-state index contributed by atoms with van der Waals surface area (Å²) in [5.74, 6) is 2.58. The van der Waals surface area contributed by atoms with Gasteiger partial charge in [0.25, 0.3) is 0 Å². The summed E-state index contributed by atoms with van der Waals surface area (Å²) >= 11 is 5.81. The van der Waals surface area contributed by atoms with Gasteiger partial charge in [-0.05, 0) is 51.0 Å². The van der Waals surface area contributed by atoms with Crippen molar-refractivity contribution in [2.75, 3.05) is 24.6 Å². The molecule has 1 unspecified atom stereocenters. The van der Waals surface area contributed by atoms with Gasteiger partial charge < -0.3 is 19.7 Å². The van der Waals surface area contributed by atoms with Crippen molar-refractivity contribution in [2.45, 2.75) is 45.8 Å². The van der Waals surface area contributed by atoms with Crippen molar-refractivity contribution < 1.29 is 14.3 Å². The second-order valence-electron chi connectivity index (χ2n) is 7.83. The molecule has 30 heavy (non-hydrogen) atoms. The molecule has 0 spiro atoms. The summed E-state index contributed by atoms with van der Waals surface area (Å²) in [5, 5.41) is 11.5. The second-order valence-corrected chi connectivity index (χ2v) is 8.21. The monoisotopic (exact) mass is 430 g/mol. The van der Waals surface area contributed by atoms with E-state index in [1.165, 1.54) is 5.56 Å². The zero-order valence-corrected chi connectivity index (χ0v) is 18.1. The SMILES string of the molecule is CCOc1cc2c(cc1CNC(=O)C1CCN(c3ccc(Cl)nn3)CC1)OC(C)C2. The Morgan fingerprint density at radius 1 is 1.30 bits per heavy atom. The summed E-state index contributed by atoms with van der Waals surface area (Å²) in [5.41, 5.74) is 2.12. The van der Waals surface area contributed by atoms with Crippen molar-refractivity contribution in [3.63, 3.8) is 0 Å². The molecule has 0 radical (unpaired) electrons. The molecule has 0 bridgehead atoms. The fourth-order valence-electron chi connectivity index (χ4n) is 4.08. The number of piperidine rings is 1. The van der Waals surface area contributed by atoms with Crippen molar-refractivity contribution in [1.82, 2.24) is 15.5 Å². The van der Waals surface area contributed by atoms with Crippen LogP contribution >= 0.6 is 11.6 Å². The molecule has 1 fully saturated rings. The first-order valence-electron chi connectivity index (χ1n) is 10.5. The molecule has 1 N–H and O–H groups in total. The first-order valence-corrected chi connectivity index (χ1v) is 10.9. The van der Waals surface area contributed by atoms with Gasteiger partial charge in [0.1, 0.15) is 17.6 Å². The second kappa shape index (κ2) is 9.08. The highest BCUT2D eigenvalue weighted by molar-refractivity contribution is 6.29. The average Bonchev–Trinajstić information content (AvgIpc) is 3.11. The van der Waals surface area contributed by atoms with Crippen LogP contribution in [0.4, 0.5) is 5.82 Å². The third-order valence-corrected chi connectivity index (χ3v) is 5.84. The first kappa shape index (κ1) is 20.7. The Morgan fingerprint density at radius 2 is 2.10 bits per heavy atom. The van der Waals surface area contributed by atoms with Gasteiger partial charge in [-0.25, -0.2) is 0 Å². The fraction of sp³-hybridized carbons (Fsp3) is 0.500. The standard InChI is InChI=1S/C22H27ClN4O3/c1-3-29-18-11-16-10-14(2)30-19(16)12-17(18)13-24-22(28)15-6-8-27(9-7-15)21-5-4-20(23)25-26-21/h4-5,11-12,14-15H,3,6-10,13H2,1-2H3,(H,24,28). The molecule has 2 aliphatic rings. The van der Waals surface area contributed by atoms with Crippen molar-refractivity contribution in [3.05, 3.63) is 40.5 Å². The van der Waals surface area contributed by atoms with Crippen LogP contribution in [0.5, 0.6) is 11.5 Å². The summed E-state index contributed by atoms with van der Waals surface area (Å²) in [6, 6.07) is 7.66. The molecule has 8 heteroatoms. The Morgan fingerprint density at radius 3 is 2.80 bits per heavy atom. The molecule has 1 amide bonds. The highest BCUT2D eigenvalue weighted by atomic mass is 35.5. The molecular formula is C22H27ClN4O3. The van der Waals surface area contributed by atoms with Crippen LogP contribution < -0.4 is 19.7 Å². The molecule has 4 rings (SSSR count). The minimum Gasteiger partial charge on any atom is -0.494 e. The summed E-state index contributed by atoms with van der Waals surface area (Å²) in [6.45, 7) is 6.58. The van der Waals surface area contributed by atoms with Crippen LogP contribution in [-0.4, -0.2) is 41.9 Å². The molecule has 1 aromatic carbocycles. The Bertz CT molecular complexity index is 898. The van der Waals surface area contributed by atoms with E-state index in [4.69, 9.17) is 21.1 Å². The largest absolute Gasteiger partial charge is 0.494 e. The number of halogens is 1. The third kappa shape index (κ3) is 4.61. The van der Waals surface area contributed by atoms with Crippen LogP contribution in [0.1, 0.15) is 37.8 Å². The maximum absolute atomic E-state index is 12.8. The Hall–Kier alpha value is -2.54. The van der Waals surface area contributed by atoms with E-state index in [1.54, 1.807) is 6.07 Å². The predicted molar refractivity (Wildman–Crippen MR) is 115 cm³/mol. The lowest BCUT2D eigenvalue weighted by Crippen LogP contribution is -2.40. The number of benzene rings is 1. The van der Waals surface area contributed by atoms with Crippen molar-refractivity contribution >= 4 is 23.3 Å². The van der Waals surface area contributed by atoms with Crippen LogP contribution in [0, 0.1) is 5.92 Å². The number of aromatic nitrogens is 2. The molecule has 2 aromatic rings. The predicted octanol–water partition coefficient (Wildman–Crippen LogP) is 3.38. The summed E-state index contributed by atoms with van der Waals surface area (Å²) in [6.07, 6.45) is 2.62. The van der Waals surface area contributed by atoms with Crippen LogP contribution in [0.3, 0.4) is 0 Å². The summed E-state index contributed by atoms with van der Waals surface area (Å²) in [4.78, 5) is 14.9. The van der Waals surface area contributed by atoms with Crippen molar-refractivity contribution in [1.29, 1.82) is 0 Å². The fourth-order valence-corrected chi connectivity index (χ4v) is 4.19. The average molecular weight is 431 g/mol. The number of carbonyl (C=O) groups is 1. The van der Waals surface area contributed by atoms with Gasteiger partial charge in [0.2, 0.25) is 5.91 Å². The van der Waals surface area contributed by atoms with Gasteiger partial charge in [-0.3, -0.25) is 4.79 Å². The highest BCUT2D eigenvalue weighted by Gasteiger charge is 2.26. The first-order chi connectivity index (χ1) is 14.5. The van der Waals surface area contributed by atoms with E-state index >= 15 is 0 Å². The van der Waals surface area contributed by atoms with Crippen molar-refractivity contribution in [3.8, 4) is 11.5 Å². The summed E-state index contributed by atoms with van der Waals surface area (Å²) < 4.78 is 11.7. The lowest BCUT2D eigenvalue weighted by atomic mass is 9.95. The molecular weight excluding hydrogens is 404 g/mol. The lowest BCUT2D eigenvalue weighted by molar-refractivity contribution is -0.125. The number of nitrogens with zero attached hydrogens (tertiary/aromatic N) is 3. The maximum Gasteiger partial charge on any atom is 0.223 e. The molecule has 160 valence electrons. The number of carbonyl (C=O) groups excluding carboxylic acids is 1. The number of hydrogen-bond acceptors (Lipinski definition) is 6. The van der Waals surface area contributed by atoms with Crippen LogP contribution in [0.25, 0.3) is 0 Å². The molecule has 0 saturated carbocycles. The zero-order valence-electron chi connectivity index (χ0n) is 17.4. The molecule has 1 aromatic heterocycles. The number of hydrogen-bond donors (Lipinski definition) is 1. The zero-order chi connectivity index (χ0) is 21.1.